The predicted octanol–water partition coefficient (Wildman–Crippen LogP) is 18.9. The van der Waals surface area contributed by atoms with Crippen molar-refractivity contribution in [1.29, 1.82) is 0 Å². The fourth-order valence-electron chi connectivity index (χ4n) is 7.64. The molecular weight excluding hydrogens is 841 g/mol. The average Bonchev–Trinajstić information content (AvgIpc) is 3.34. The van der Waals surface area contributed by atoms with Gasteiger partial charge in [0.15, 0.2) is 6.10 Å². The quantitative estimate of drug-likeness (QED) is 0.0199. The van der Waals surface area contributed by atoms with E-state index in [0.717, 1.165) is 128 Å². The lowest BCUT2D eigenvalue weighted by atomic mass is 10.1. The second-order valence-corrected chi connectivity index (χ2v) is 18.5. The highest BCUT2D eigenvalue weighted by Crippen LogP contribution is 2.15. The number of carbonyl (C=O) groups is 3. The van der Waals surface area contributed by atoms with Gasteiger partial charge in [0.25, 0.3) is 0 Å². The Morgan fingerprint density at radius 1 is 0.324 bits per heavy atom. The number of hydrogen-bond donors (Lipinski definition) is 0. The summed E-state index contributed by atoms with van der Waals surface area (Å²) >= 11 is 0. The molecule has 0 bridgehead atoms. The van der Waals surface area contributed by atoms with Gasteiger partial charge in [-0.1, -0.05) is 227 Å². The zero-order valence-corrected chi connectivity index (χ0v) is 44.3. The van der Waals surface area contributed by atoms with Crippen LogP contribution in [0, 0.1) is 0 Å². The van der Waals surface area contributed by atoms with Crippen LogP contribution in [-0.4, -0.2) is 37.2 Å². The Bertz CT molecular complexity index is 1360. The minimum absolute atomic E-state index is 0.0915. The molecule has 388 valence electrons. The van der Waals surface area contributed by atoms with Crippen LogP contribution in [0.25, 0.3) is 0 Å². The molecule has 0 aliphatic heterocycles. The van der Waals surface area contributed by atoms with Gasteiger partial charge in [-0.05, 0) is 109 Å². The van der Waals surface area contributed by atoms with Crippen molar-refractivity contribution in [3.8, 4) is 0 Å². The number of esters is 3. The lowest BCUT2D eigenvalue weighted by Gasteiger charge is -2.18. The van der Waals surface area contributed by atoms with Crippen molar-refractivity contribution in [2.45, 2.75) is 264 Å². The maximum atomic E-state index is 12.9. The van der Waals surface area contributed by atoms with Gasteiger partial charge in [0.1, 0.15) is 13.2 Å². The molecule has 0 aliphatic rings. The molecule has 0 saturated carbocycles. The Labute approximate surface area is 419 Å². The third kappa shape index (κ3) is 53.3. The van der Waals surface area contributed by atoms with Gasteiger partial charge in [0, 0.05) is 19.3 Å². The van der Waals surface area contributed by atoms with Crippen molar-refractivity contribution in [2.75, 3.05) is 13.2 Å². The lowest BCUT2D eigenvalue weighted by Crippen LogP contribution is -2.30. The maximum Gasteiger partial charge on any atom is 0.306 e. The van der Waals surface area contributed by atoms with Crippen LogP contribution < -0.4 is 0 Å². The van der Waals surface area contributed by atoms with E-state index in [2.05, 4.69) is 118 Å². The van der Waals surface area contributed by atoms with Crippen molar-refractivity contribution in [2.24, 2.45) is 0 Å². The summed E-state index contributed by atoms with van der Waals surface area (Å²) in [6, 6.07) is 0. The first-order chi connectivity index (χ1) is 33.5. The van der Waals surface area contributed by atoms with Crippen molar-refractivity contribution in [3.63, 3.8) is 0 Å². The second-order valence-electron chi connectivity index (χ2n) is 18.5. The monoisotopic (exact) mass is 945 g/mol. The van der Waals surface area contributed by atoms with Crippen LogP contribution in [0.15, 0.2) is 97.2 Å². The minimum atomic E-state index is -0.792. The van der Waals surface area contributed by atoms with Crippen molar-refractivity contribution in [1.82, 2.24) is 0 Å². The summed E-state index contributed by atoms with van der Waals surface area (Å²) in [7, 11) is 0. The summed E-state index contributed by atoms with van der Waals surface area (Å²) < 4.78 is 16.8. The molecule has 0 aromatic heterocycles. The van der Waals surface area contributed by atoms with Crippen LogP contribution in [0.1, 0.15) is 258 Å². The Balaban J connectivity index is 4.40. The third-order valence-corrected chi connectivity index (χ3v) is 11.8. The number of ether oxygens (including phenoxy) is 3. The van der Waals surface area contributed by atoms with Crippen LogP contribution >= 0.6 is 0 Å². The van der Waals surface area contributed by atoms with Gasteiger partial charge >= 0.3 is 17.9 Å². The van der Waals surface area contributed by atoms with Crippen LogP contribution in [0.3, 0.4) is 0 Å². The fourth-order valence-corrected chi connectivity index (χ4v) is 7.64. The first kappa shape index (κ1) is 64.3. The zero-order chi connectivity index (χ0) is 49.3. The Hall–Kier alpha value is -3.67. The molecule has 1 unspecified atom stereocenters. The van der Waals surface area contributed by atoms with Crippen LogP contribution in [0.2, 0.25) is 0 Å². The molecule has 0 radical (unpaired) electrons. The topological polar surface area (TPSA) is 78.9 Å². The molecule has 0 fully saturated rings. The van der Waals surface area contributed by atoms with Gasteiger partial charge in [-0.2, -0.15) is 0 Å². The molecule has 0 spiro atoms. The highest BCUT2D eigenvalue weighted by Gasteiger charge is 2.19. The summed E-state index contributed by atoms with van der Waals surface area (Å²) in [5.74, 6) is -0.920. The summed E-state index contributed by atoms with van der Waals surface area (Å²) in [5, 5.41) is 0. The first-order valence-electron chi connectivity index (χ1n) is 28.3. The van der Waals surface area contributed by atoms with Gasteiger partial charge < -0.3 is 14.2 Å². The van der Waals surface area contributed by atoms with Gasteiger partial charge in [0.05, 0.1) is 0 Å². The van der Waals surface area contributed by atoms with Gasteiger partial charge in [-0.3, -0.25) is 14.4 Å². The minimum Gasteiger partial charge on any atom is -0.462 e. The predicted molar refractivity (Wildman–Crippen MR) is 293 cm³/mol. The van der Waals surface area contributed by atoms with E-state index in [-0.39, 0.29) is 31.1 Å². The summed E-state index contributed by atoms with van der Waals surface area (Å²) in [4.78, 5) is 38.1. The Kier molecular flexibility index (Phi) is 52.9. The second kappa shape index (κ2) is 55.9. The molecule has 0 amide bonds. The molecule has 0 N–H and O–H groups in total. The standard InChI is InChI=1S/C62H104O6/c1-4-7-10-13-16-19-22-25-27-29-31-33-35-37-40-43-46-49-52-55-61(64)67-58-59(57-66-60(63)54-51-48-45-42-39-24-21-18-15-12-9-6-3)68-62(65)56-53-50-47-44-41-38-36-34-32-30-28-26-23-20-17-14-11-8-5-2/h7,9-10,12,16-21,23,25-27,31,33,59H,4-6,8,11,13-15,22,24,28-30,32,34-58H2,1-3H3/b10-7-,12-9-,19-16-,20-17-,21-18-,26-23-,27-25-,33-31-. The van der Waals surface area contributed by atoms with E-state index in [1.165, 1.54) is 89.9 Å². The normalized spacial score (nSPS) is 12.8. The van der Waals surface area contributed by atoms with E-state index < -0.39 is 6.10 Å². The smallest absolute Gasteiger partial charge is 0.306 e. The Morgan fingerprint density at radius 3 is 0.985 bits per heavy atom. The van der Waals surface area contributed by atoms with E-state index in [0.29, 0.717) is 19.3 Å². The average molecular weight is 946 g/mol. The van der Waals surface area contributed by atoms with Crippen molar-refractivity contribution >= 4 is 17.9 Å². The molecule has 0 rings (SSSR count). The molecule has 0 aliphatic carbocycles. The van der Waals surface area contributed by atoms with E-state index in [1.807, 2.05) is 0 Å². The number of unbranched alkanes of at least 4 members (excludes halogenated alkanes) is 24. The maximum absolute atomic E-state index is 12.9. The van der Waals surface area contributed by atoms with Gasteiger partial charge in [-0.15, -0.1) is 0 Å². The van der Waals surface area contributed by atoms with Crippen LogP contribution in [0.5, 0.6) is 0 Å². The van der Waals surface area contributed by atoms with Crippen molar-refractivity contribution in [3.05, 3.63) is 97.2 Å². The van der Waals surface area contributed by atoms with Crippen LogP contribution in [-0.2, 0) is 28.6 Å². The summed E-state index contributed by atoms with van der Waals surface area (Å²) in [5.41, 5.74) is 0. The first-order valence-corrected chi connectivity index (χ1v) is 28.3. The number of hydrogen-bond acceptors (Lipinski definition) is 6. The largest absolute Gasteiger partial charge is 0.462 e. The molecule has 6 nitrogen and oxygen atoms in total. The summed E-state index contributed by atoms with van der Waals surface area (Å²) in [6.07, 6.45) is 73.9. The molecule has 1 atom stereocenters. The van der Waals surface area contributed by atoms with E-state index in [9.17, 15) is 14.4 Å². The van der Waals surface area contributed by atoms with E-state index >= 15 is 0 Å². The molecule has 0 aromatic rings. The molecule has 68 heavy (non-hydrogen) atoms. The highest BCUT2D eigenvalue weighted by atomic mass is 16.6. The SMILES string of the molecule is CC/C=C\C/C=C\C/C=C\C/C=C\CCCCCCCCC(=O)OCC(COC(=O)CCCCCCC/C=C\C/C=C\CC)OC(=O)CCCCCCCCCCCC/C=C\C=C/CCCCC. The van der Waals surface area contributed by atoms with E-state index in [4.69, 9.17) is 14.2 Å². The van der Waals surface area contributed by atoms with Crippen molar-refractivity contribution < 1.29 is 28.6 Å². The highest BCUT2D eigenvalue weighted by molar-refractivity contribution is 5.71. The fraction of sp³-hybridized carbons (Fsp3) is 0.694. The number of carbonyl (C=O) groups excluding carboxylic acids is 3. The van der Waals surface area contributed by atoms with E-state index in [1.54, 1.807) is 0 Å². The Morgan fingerprint density at radius 2 is 0.618 bits per heavy atom. The lowest BCUT2D eigenvalue weighted by molar-refractivity contribution is -0.167. The van der Waals surface area contributed by atoms with Crippen LogP contribution in [0.4, 0.5) is 0 Å². The molecule has 0 aromatic carbocycles. The molecule has 6 heteroatoms. The molecule has 0 heterocycles. The third-order valence-electron chi connectivity index (χ3n) is 11.8. The number of rotatable bonds is 50. The molecular formula is C62H104O6. The van der Waals surface area contributed by atoms with Gasteiger partial charge in [0.2, 0.25) is 0 Å². The van der Waals surface area contributed by atoms with Gasteiger partial charge in [-0.25, -0.2) is 0 Å². The number of allylic oxidation sites excluding steroid dienone is 16. The zero-order valence-electron chi connectivity index (χ0n) is 44.3. The summed E-state index contributed by atoms with van der Waals surface area (Å²) in [6.45, 7) is 6.37. The molecule has 0 saturated heterocycles.